The van der Waals surface area contributed by atoms with E-state index >= 15 is 0 Å². The highest BCUT2D eigenvalue weighted by Gasteiger charge is 2.21. The van der Waals surface area contributed by atoms with Gasteiger partial charge in [-0.15, -0.1) is 0 Å². The van der Waals surface area contributed by atoms with Gasteiger partial charge in [-0.3, -0.25) is 4.79 Å². The molecule has 2 aromatic rings. The van der Waals surface area contributed by atoms with Gasteiger partial charge in [0.25, 0.3) is 5.91 Å². The molecule has 3 nitrogen and oxygen atoms in total. The Morgan fingerprint density at radius 1 is 1.19 bits per heavy atom. The summed E-state index contributed by atoms with van der Waals surface area (Å²) in [5.41, 5.74) is 1.71. The number of carbonyl (C=O) groups is 1. The maximum absolute atomic E-state index is 13.9. The number of carbonyl (C=O) groups excluding carboxylic acids is 1. The number of hydrogen-bond donors (Lipinski definition) is 1. The normalized spacial score (nSPS) is 12.0. The molecule has 0 saturated carbocycles. The lowest BCUT2D eigenvalue weighted by atomic mass is 10.1. The first kappa shape index (κ1) is 15.0. The molecule has 0 aliphatic carbocycles. The fourth-order valence-electron chi connectivity index (χ4n) is 2.14. The number of hydrogen-bond acceptors (Lipinski definition) is 2. The topological polar surface area (TPSA) is 40.5 Å². The van der Waals surface area contributed by atoms with Crippen LogP contribution in [0.3, 0.4) is 0 Å². The maximum Gasteiger partial charge on any atom is 0.257 e. The summed E-state index contributed by atoms with van der Waals surface area (Å²) in [6.45, 7) is 3.64. The van der Waals surface area contributed by atoms with Gasteiger partial charge in [0.2, 0.25) is 0 Å². The molecule has 0 aromatic heterocycles. The first-order valence-corrected chi connectivity index (χ1v) is 6.72. The van der Waals surface area contributed by atoms with Crippen LogP contribution >= 0.6 is 0 Å². The summed E-state index contributed by atoms with van der Waals surface area (Å²) in [6, 6.07) is 11.0. The van der Waals surface area contributed by atoms with Gasteiger partial charge in [-0.2, -0.15) is 0 Å². The van der Waals surface area contributed by atoms with Crippen LogP contribution in [0.15, 0.2) is 42.5 Å². The van der Waals surface area contributed by atoms with Crippen LogP contribution in [0.2, 0.25) is 0 Å². The van der Waals surface area contributed by atoms with Crippen LogP contribution in [-0.4, -0.2) is 23.0 Å². The van der Waals surface area contributed by atoms with Crippen LogP contribution in [0.1, 0.15) is 34.5 Å². The van der Waals surface area contributed by atoms with E-state index in [1.165, 1.54) is 17.0 Å². The van der Waals surface area contributed by atoms with E-state index < -0.39 is 5.82 Å². The van der Waals surface area contributed by atoms with E-state index in [-0.39, 0.29) is 23.3 Å². The van der Waals surface area contributed by atoms with Crippen LogP contribution < -0.4 is 0 Å². The SMILES string of the molecule is Cc1ccc(C(=O)N(C)C(C)c2ccc(O)cc2)c(F)c1. The smallest absolute Gasteiger partial charge is 0.257 e. The Hall–Kier alpha value is -2.36. The van der Waals surface area contributed by atoms with Gasteiger partial charge in [-0.1, -0.05) is 18.2 Å². The average molecular weight is 287 g/mol. The van der Waals surface area contributed by atoms with Gasteiger partial charge in [-0.25, -0.2) is 4.39 Å². The van der Waals surface area contributed by atoms with Gasteiger partial charge in [0, 0.05) is 7.05 Å². The molecule has 0 saturated heterocycles. The van der Waals surface area contributed by atoms with E-state index in [4.69, 9.17) is 0 Å². The predicted octanol–water partition coefficient (Wildman–Crippen LogP) is 3.67. The molecule has 0 radical (unpaired) electrons. The molecule has 0 aliphatic heterocycles. The third-order valence-electron chi connectivity index (χ3n) is 3.63. The summed E-state index contributed by atoms with van der Waals surface area (Å²) in [4.78, 5) is 13.9. The highest BCUT2D eigenvalue weighted by Crippen LogP contribution is 2.23. The standard InChI is InChI=1S/C17H18FNO2/c1-11-4-9-15(16(18)10-11)17(21)19(3)12(2)13-5-7-14(20)8-6-13/h4-10,12,20H,1-3H3. The molecular weight excluding hydrogens is 269 g/mol. The fourth-order valence-corrected chi connectivity index (χ4v) is 2.14. The van der Waals surface area contributed by atoms with Crippen LogP contribution in [0, 0.1) is 12.7 Å². The zero-order valence-corrected chi connectivity index (χ0v) is 12.3. The Morgan fingerprint density at radius 2 is 1.81 bits per heavy atom. The highest BCUT2D eigenvalue weighted by molar-refractivity contribution is 5.94. The quantitative estimate of drug-likeness (QED) is 0.935. The summed E-state index contributed by atoms with van der Waals surface area (Å²) in [6.07, 6.45) is 0. The molecule has 0 fully saturated rings. The number of halogens is 1. The Bertz CT molecular complexity index is 652. The van der Waals surface area contributed by atoms with Crippen molar-refractivity contribution in [2.75, 3.05) is 7.05 Å². The van der Waals surface area contributed by atoms with E-state index in [9.17, 15) is 14.3 Å². The van der Waals surface area contributed by atoms with E-state index in [2.05, 4.69) is 0 Å². The van der Waals surface area contributed by atoms with Gasteiger partial charge in [0.15, 0.2) is 0 Å². The lowest BCUT2D eigenvalue weighted by Gasteiger charge is -2.25. The molecule has 4 heteroatoms. The van der Waals surface area contributed by atoms with Crippen molar-refractivity contribution in [3.05, 3.63) is 65.0 Å². The second-order valence-corrected chi connectivity index (χ2v) is 5.17. The first-order valence-electron chi connectivity index (χ1n) is 6.72. The van der Waals surface area contributed by atoms with Crippen LogP contribution in [0.25, 0.3) is 0 Å². The maximum atomic E-state index is 13.9. The molecule has 1 N–H and O–H groups in total. The zero-order valence-electron chi connectivity index (χ0n) is 12.3. The number of phenols is 1. The zero-order chi connectivity index (χ0) is 15.6. The Kier molecular flexibility index (Phi) is 4.26. The number of rotatable bonds is 3. The van der Waals surface area contributed by atoms with Crippen molar-refractivity contribution >= 4 is 5.91 Å². The summed E-state index contributed by atoms with van der Waals surface area (Å²) in [5.74, 6) is -0.706. The van der Waals surface area contributed by atoms with E-state index in [1.54, 1.807) is 44.3 Å². The third kappa shape index (κ3) is 3.21. The molecule has 110 valence electrons. The molecule has 1 atom stereocenters. The van der Waals surface area contributed by atoms with Crippen molar-refractivity contribution in [2.45, 2.75) is 19.9 Å². The Labute approximate surface area is 123 Å². The number of aryl methyl sites for hydroxylation is 1. The lowest BCUT2D eigenvalue weighted by Crippen LogP contribution is -2.30. The van der Waals surface area contributed by atoms with Gasteiger partial charge < -0.3 is 10.0 Å². The van der Waals surface area contributed by atoms with Crippen molar-refractivity contribution in [3.8, 4) is 5.75 Å². The molecule has 2 aromatic carbocycles. The van der Waals surface area contributed by atoms with Crippen molar-refractivity contribution in [2.24, 2.45) is 0 Å². The second-order valence-electron chi connectivity index (χ2n) is 5.17. The summed E-state index contributed by atoms with van der Waals surface area (Å²) in [7, 11) is 1.64. The highest BCUT2D eigenvalue weighted by atomic mass is 19.1. The number of amides is 1. The van der Waals surface area contributed by atoms with E-state index in [0.29, 0.717) is 0 Å². The molecule has 1 amide bonds. The van der Waals surface area contributed by atoms with Crippen LogP contribution in [0.5, 0.6) is 5.75 Å². The number of nitrogens with zero attached hydrogens (tertiary/aromatic N) is 1. The first-order chi connectivity index (χ1) is 9.90. The minimum atomic E-state index is -0.509. The molecule has 0 heterocycles. The van der Waals surface area contributed by atoms with Gasteiger partial charge >= 0.3 is 0 Å². The molecule has 2 rings (SSSR count). The van der Waals surface area contributed by atoms with Crippen LogP contribution in [0.4, 0.5) is 4.39 Å². The predicted molar refractivity (Wildman–Crippen MR) is 79.8 cm³/mol. The monoisotopic (exact) mass is 287 g/mol. The second kappa shape index (κ2) is 5.95. The molecule has 0 aliphatic rings. The fraction of sp³-hybridized carbons (Fsp3) is 0.235. The largest absolute Gasteiger partial charge is 0.508 e. The van der Waals surface area contributed by atoms with Crippen LogP contribution in [-0.2, 0) is 0 Å². The Balaban J connectivity index is 2.24. The lowest BCUT2D eigenvalue weighted by molar-refractivity contribution is 0.0738. The van der Waals surface area contributed by atoms with Crippen molar-refractivity contribution in [1.82, 2.24) is 4.90 Å². The number of phenolic OH excluding ortho intramolecular Hbond substituents is 1. The third-order valence-corrected chi connectivity index (χ3v) is 3.63. The summed E-state index contributed by atoms with van der Waals surface area (Å²) >= 11 is 0. The molecular formula is C17H18FNO2. The van der Waals surface area contributed by atoms with Gasteiger partial charge in [-0.05, 0) is 49.2 Å². The number of aromatic hydroxyl groups is 1. The molecule has 1 unspecified atom stereocenters. The number of benzene rings is 2. The molecule has 21 heavy (non-hydrogen) atoms. The minimum Gasteiger partial charge on any atom is -0.508 e. The van der Waals surface area contributed by atoms with Crippen molar-refractivity contribution in [1.29, 1.82) is 0 Å². The minimum absolute atomic E-state index is 0.0636. The van der Waals surface area contributed by atoms with E-state index in [1.807, 2.05) is 6.92 Å². The molecule has 0 bridgehead atoms. The van der Waals surface area contributed by atoms with Gasteiger partial charge in [0.1, 0.15) is 11.6 Å². The van der Waals surface area contributed by atoms with Crippen molar-refractivity contribution < 1.29 is 14.3 Å². The van der Waals surface area contributed by atoms with E-state index in [0.717, 1.165) is 11.1 Å². The van der Waals surface area contributed by atoms with Gasteiger partial charge in [0.05, 0.1) is 11.6 Å². The summed E-state index contributed by atoms with van der Waals surface area (Å²) < 4.78 is 13.9. The Morgan fingerprint density at radius 3 is 2.38 bits per heavy atom. The summed E-state index contributed by atoms with van der Waals surface area (Å²) in [5, 5.41) is 9.30. The average Bonchev–Trinajstić information content (AvgIpc) is 2.46. The van der Waals surface area contributed by atoms with Crippen molar-refractivity contribution in [3.63, 3.8) is 0 Å². The molecule has 0 spiro atoms.